The van der Waals surface area contributed by atoms with Crippen molar-refractivity contribution < 1.29 is 17.7 Å². The molecule has 3 aromatic rings. The molecule has 150 valence electrons. The lowest BCUT2D eigenvalue weighted by atomic mass is 10.1. The summed E-state index contributed by atoms with van der Waals surface area (Å²) in [6.07, 6.45) is 8.10. The van der Waals surface area contributed by atoms with Crippen molar-refractivity contribution in [2.75, 3.05) is 23.7 Å². The van der Waals surface area contributed by atoms with Gasteiger partial charge in [0, 0.05) is 30.9 Å². The van der Waals surface area contributed by atoms with Crippen molar-refractivity contribution in [3.63, 3.8) is 0 Å². The topological polar surface area (TPSA) is 111 Å². The van der Waals surface area contributed by atoms with Crippen LogP contribution in [0.25, 0.3) is 21.3 Å². The van der Waals surface area contributed by atoms with Gasteiger partial charge in [0.25, 0.3) is 0 Å². The molecule has 4 rings (SSSR count). The molecule has 4 heterocycles. The lowest BCUT2D eigenvalue weighted by Crippen LogP contribution is -2.36. The summed E-state index contributed by atoms with van der Waals surface area (Å²) in [5, 5.41) is 4.83. The highest BCUT2D eigenvalue weighted by atomic mass is 32.2. The van der Waals surface area contributed by atoms with E-state index >= 15 is 0 Å². The second-order valence-electron chi connectivity index (χ2n) is 6.15. The van der Waals surface area contributed by atoms with Crippen molar-refractivity contribution in [3.05, 3.63) is 49.1 Å². The largest absolute Gasteiger partial charge is 0.418 e. The van der Waals surface area contributed by atoms with Gasteiger partial charge >= 0.3 is 0 Å². The summed E-state index contributed by atoms with van der Waals surface area (Å²) in [5.74, 6) is 0.403. The van der Waals surface area contributed by atoms with Crippen molar-refractivity contribution >= 4 is 33.0 Å². The van der Waals surface area contributed by atoms with E-state index < -0.39 is 10.0 Å². The van der Waals surface area contributed by atoms with Crippen LogP contribution in [0.4, 0.5) is 5.88 Å². The van der Waals surface area contributed by atoms with Crippen molar-refractivity contribution in [2.45, 2.75) is 6.42 Å². The molecule has 1 aliphatic rings. The van der Waals surface area contributed by atoms with Crippen LogP contribution in [0.3, 0.4) is 0 Å². The molecular weight excluding hydrogens is 414 g/mol. The minimum Gasteiger partial charge on any atom is -0.418 e. The van der Waals surface area contributed by atoms with Gasteiger partial charge in [-0.15, -0.1) is 11.3 Å². The molecule has 0 unspecified atom stereocenters. The summed E-state index contributed by atoms with van der Waals surface area (Å²) in [5.41, 5.74) is 1.74. The van der Waals surface area contributed by atoms with Gasteiger partial charge in [-0.25, -0.2) is 22.7 Å². The Balaban J connectivity index is 1.74. The van der Waals surface area contributed by atoms with E-state index in [1.54, 1.807) is 24.7 Å². The van der Waals surface area contributed by atoms with Crippen LogP contribution in [-0.2, 0) is 14.9 Å². The number of sulfonamides is 1. The lowest BCUT2D eigenvalue weighted by molar-refractivity contribution is 0.174. The molecule has 11 heteroatoms. The number of nitrogens with zero attached hydrogens (tertiary/aromatic N) is 5. The van der Waals surface area contributed by atoms with Gasteiger partial charge in [-0.1, -0.05) is 17.8 Å². The van der Waals surface area contributed by atoms with Crippen LogP contribution in [0, 0.1) is 0 Å². The SMILES string of the molecule is C=CCO/N=C1\CCN(S(C)(=O)=O)c2oc(-c3cnc(-c4cccnc4)s3)nc21. The van der Waals surface area contributed by atoms with E-state index in [1.165, 1.54) is 15.6 Å². The van der Waals surface area contributed by atoms with Crippen LogP contribution in [-0.4, -0.2) is 48.5 Å². The standard InChI is InChI=1S/C18H17N5O4S2/c1-3-9-26-22-13-6-8-23(29(2,24)25)18-15(13)21-16(27-18)14-11-20-17(28-14)12-5-4-7-19-10-12/h3-5,7,10-11H,1,6,8-9H2,2H3/b22-13+. The summed E-state index contributed by atoms with van der Waals surface area (Å²) in [7, 11) is -3.53. The van der Waals surface area contributed by atoms with Crippen LogP contribution in [0.1, 0.15) is 12.1 Å². The molecule has 0 spiro atoms. The second-order valence-corrected chi connectivity index (χ2v) is 9.09. The van der Waals surface area contributed by atoms with Crippen molar-refractivity contribution in [3.8, 4) is 21.3 Å². The number of hydrogen-bond acceptors (Lipinski definition) is 9. The first-order chi connectivity index (χ1) is 14.0. The van der Waals surface area contributed by atoms with Crippen LogP contribution >= 0.6 is 11.3 Å². The zero-order valence-electron chi connectivity index (χ0n) is 15.5. The molecule has 0 fully saturated rings. The molecule has 29 heavy (non-hydrogen) atoms. The first-order valence-corrected chi connectivity index (χ1v) is 11.3. The minimum atomic E-state index is -3.53. The Hall–Kier alpha value is -3.05. The maximum absolute atomic E-state index is 12.2. The fraction of sp³-hybridized carbons (Fsp3) is 0.222. The zero-order chi connectivity index (χ0) is 20.4. The number of oxazole rings is 1. The molecule has 0 aromatic carbocycles. The molecule has 0 amide bonds. The predicted molar refractivity (Wildman–Crippen MR) is 110 cm³/mol. The van der Waals surface area contributed by atoms with Gasteiger partial charge in [-0.05, 0) is 12.1 Å². The number of rotatable bonds is 6. The Morgan fingerprint density at radius 1 is 1.45 bits per heavy atom. The van der Waals surface area contributed by atoms with Crippen LogP contribution in [0.2, 0.25) is 0 Å². The third-order valence-corrected chi connectivity index (χ3v) is 6.24. The average Bonchev–Trinajstić information content (AvgIpc) is 3.35. The summed E-state index contributed by atoms with van der Waals surface area (Å²) in [4.78, 5) is 18.8. The number of fused-ring (bicyclic) bond motifs is 1. The number of thiazole rings is 1. The van der Waals surface area contributed by atoms with Crippen molar-refractivity contribution in [2.24, 2.45) is 5.16 Å². The highest BCUT2D eigenvalue weighted by Gasteiger charge is 2.34. The summed E-state index contributed by atoms with van der Waals surface area (Å²) in [6, 6.07) is 3.74. The van der Waals surface area contributed by atoms with E-state index in [-0.39, 0.29) is 24.9 Å². The van der Waals surface area contributed by atoms with E-state index in [2.05, 4.69) is 26.7 Å². The molecule has 1 aliphatic heterocycles. The molecule has 0 radical (unpaired) electrons. The van der Waals surface area contributed by atoms with E-state index in [0.29, 0.717) is 22.7 Å². The van der Waals surface area contributed by atoms with Gasteiger partial charge in [0.05, 0.1) is 12.5 Å². The second kappa shape index (κ2) is 7.76. The maximum Gasteiger partial charge on any atom is 0.241 e. The van der Waals surface area contributed by atoms with Crippen LogP contribution in [0.15, 0.2) is 53.0 Å². The molecule has 0 bridgehead atoms. The normalized spacial score (nSPS) is 15.3. The fourth-order valence-electron chi connectivity index (χ4n) is 2.77. The molecule has 0 atom stereocenters. The predicted octanol–water partition coefficient (Wildman–Crippen LogP) is 2.94. The molecule has 9 nitrogen and oxygen atoms in total. The molecular formula is C18H17N5O4S2. The van der Waals surface area contributed by atoms with Gasteiger partial charge < -0.3 is 9.25 Å². The first kappa shape index (κ1) is 19.3. The van der Waals surface area contributed by atoms with Crippen LogP contribution in [0.5, 0.6) is 0 Å². The third kappa shape index (κ3) is 3.91. The Morgan fingerprint density at radius 3 is 3.03 bits per heavy atom. The number of pyridine rings is 1. The van der Waals surface area contributed by atoms with Gasteiger partial charge in [-0.3, -0.25) is 4.98 Å². The summed E-state index contributed by atoms with van der Waals surface area (Å²) < 4.78 is 31.4. The molecule has 3 aromatic heterocycles. The Morgan fingerprint density at radius 2 is 2.31 bits per heavy atom. The number of oxime groups is 1. The number of anilines is 1. The van der Waals surface area contributed by atoms with Crippen molar-refractivity contribution in [1.82, 2.24) is 15.0 Å². The highest BCUT2D eigenvalue weighted by molar-refractivity contribution is 7.92. The molecule has 0 saturated carbocycles. The monoisotopic (exact) mass is 431 g/mol. The van der Waals surface area contributed by atoms with Gasteiger partial charge in [0.2, 0.25) is 21.8 Å². The Kier molecular flexibility index (Phi) is 5.16. The van der Waals surface area contributed by atoms with Gasteiger partial charge in [0.1, 0.15) is 22.2 Å². The summed E-state index contributed by atoms with van der Waals surface area (Å²) in [6.45, 7) is 4.01. The Labute approximate surface area is 171 Å². The first-order valence-electron chi connectivity index (χ1n) is 8.62. The smallest absolute Gasteiger partial charge is 0.241 e. The maximum atomic E-state index is 12.2. The average molecular weight is 431 g/mol. The molecule has 0 N–H and O–H groups in total. The molecule has 0 aliphatic carbocycles. The molecule has 0 saturated heterocycles. The van der Waals surface area contributed by atoms with Crippen molar-refractivity contribution in [1.29, 1.82) is 0 Å². The third-order valence-electron chi connectivity index (χ3n) is 4.05. The zero-order valence-corrected chi connectivity index (χ0v) is 17.1. The summed E-state index contributed by atoms with van der Waals surface area (Å²) >= 11 is 1.37. The van der Waals surface area contributed by atoms with E-state index in [4.69, 9.17) is 9.25 Å². The van der Waals surface area contributed by atoms with E-state index in [9.17, 15) is 8.42 Å². The minimum absolute atomic E-state index is 0.131. The quantitative estimate of drug-likeness (QED) is 0.335. The fourth-order valence-corrected chi connectivity index (χ4v) is 4.45. The lowest BCUT2D eigenvalue weighted by Gasteiger charge is -2.24. The Bertz CT molecular complexity index is 1170. The van der Waals surface area contributed by atoms with Gasteiger partial charge in [-0.2, -0.15) is 0 Å². The number of hydrogen-bond donors (Lipinski definition) is 0. The van der Waals surface area contributed by atoms with E-state index in [1.807, 2.05) is 12.1 Å². The van der Waals surface area contributed by atoms with Gasteiger partial charge in [0.15, 0.2) is 5.69 Å². The van der Waals surface area contributed by atoms with Crippen LogP contribution < -0.4 is 4.31 Å². The number of aromatic nitrogens is 3. The van der Waals surface area contributed by atoms with E-state index in [0.717, 1.165) is 16.8 Å². The highest BCUT2D eigenvalue weighted by Crippen LogP contribution is 2.37.